The van der Waals surface area contributed by atoms with E-state index in [1.165, 1.54) is 40.3 Å². The lowest BCUT2D eigenvalue weighted by Crippen LogP contribution is -2.35. The Morgan fingerprint density at radius 3 is 2.34 bits per heavy atom. The second-order valence-electron chi connectivity index (χ2n) is 7.66. The topological polar surface area (TPSA) is 121 Å². The number of carbonyl (C=O) groups is 2. The summed E-state index contributed by atoms with van der Waals surface area (Å²) in [7, 11) is -3.56. The Morgan fingerprint density at radius 2 is 1.66 bits per heavy atom. The molecular formula is C22H22ClN5O4S3. The van der Waals surface area contributed by atoms with Crippen LogP contribution in [0.15, 0.2) is 57.8 Å². The largest absolute Gasteiger partial charge is 0.325 e. The fourth-order valence-electron chi connectivity index (χ4n) is 3.38. The van der Waals surface area contributed by atoms with Crippen LogP contribution in [0.4, 0.5) is 10.8 Å². The normalized spacial score (nSPS) is 14.4. The Hall–Kier alpha value is -2.51. The molecular weight excluding hydrogens is 530 g/mol. The minimum atomic E-state index is -3.56. The van der Waals surface area contributed by atoms with Crippen LogP contribution in [0.3, 0.4) is 0 Å². The van der Waals surface area contributed by atoms with Crippen molar-refractivity contribution in [3.05, 3.63) is 59.1 Å². The Balaban J connectivity index is 1.29. The molecule has 0 spiro atoms. The van der Waals surface area contributed by atoms with Gasteiger partial charge in [0.25, 0.3) is 5.91 Å². The van der Waals surface area contributed by atoms with Crippen molar-refractivity contribution >= 4 is 67.4 Å². The Labute approximate surface area is 216 Å². The molecule has 1 aliphatic heterocycles. The molecule has 1 aromatic heterocycles. The highest BCUT2D eigenvalue weighted by molar-refractivity contribution is 8.01. The van der Waals surface area contributed by atoms with Crippen LogP contribution >= 0.6 is 34.7 Å². The maximum Gasteiger partial charge on any atom is 0.257 e. The summed E-state index contributed by atoms with van der Waals surface area (Å²) in [6.07, 6.45) is 2.75. The van der Waals surface area contributed by atoms with E-state index in [0.717, 1.165) is 30.6 Å². The van der Waals surface area contributed by atoms with Crippen molar-refractivity contribution in [3.63, 3.8) is 0 Å². The van der Waals surface area contributed by atoms with Gasteiger partial charge in [0.2, 0.25) is 21.1 Å². The van der Waals surface area contributed by atoms with Crippen LogP contribution in [0.2, 0.25) is 5.02 Å². The van der Waals surface area contributed by atoms with Gasteiger partial charge >= 0.3 is 0 Å². The van der Waals surface area contributed by atoms with Gasteiger partial charge in [-0.3, -0.25) is 14.9 Å². The molecule has 9 nitrogen and oxygen atoms in total. The highest BCUT2D eigenvalue weighted by Gasteiger charge is 2.26. The molecule has 2 heterocycles. The molecule has 1 saturated heterocycles. The number of hydrogen-bond acceptors (Lipinski definition) is 8. The molecule has 0 saturated carbocycles. The number of anilines is 2. The first-order valence-corrected chi connectivity index (χ1v) is 14.4. The molecule has 0 radical (unpaired) electrons. The fourth-order valence-corrected chi connectivity index (χ4v) is 6.57. The third-order valence-corrected chi connectivity index (χ3v) is 9.29. The maximum absolute atomic E-state index is 12.8. The van der Waals surface area contributed by atoms with E-state index >= 15 is 0 Å². The average molecular weight is 552 g/mol. The van der Waals surface area contributed by atoms with E-state index in [1.807, 2.05) is 0 Å². The number of aromatic nitrogens is 2. The van der Waals surface area contributed by atoms with Crippen molar-refractivity contribution in [3.8, 4) is 0 Å². The summed E-state index contributed by atoms with van der Waals surface area (Å²) < 4.78 is 27.5. The number of nitrogens with zero attached hydrogens (tertiary/aromatic N) is 3. The van der Waals surface area contributed by atoms with Crippen LogP contribution in [0.25, 0.3) is 0 Å². The zero-order chi connectivity index (χ0) is 24.8. The van der Waals surface area contributed by atoms with Crippen LogP contribution in [0, 0.1) is 0 Å². The van der Waals surface area contributed by atoms with Gasteiger partial charge < -0.3 is 5.32 Å². The lowest BCUT2D eigenvalue weighted by Gasteiger charge is -2.25. The van der Waals surface area contributed by atoms with Crippen molar-refractivity contribution in [2.24, 2.45) is 0 Å². The SMILES string of the molecule is O=C(CSc1nnc(NC(=O)c2ccc(S(=O)(=O)N3CCCCC3)cc2)s1)Nc1ccc(Cl)cc1. The number of thioether (sulfide) groups is 1. The summed E-state index contributed by atoms with van der Waals surface area (Å²) in [6.45, 7) is 1.04. The predicted molar refractivity (Wildman–Crippen MR) is 138 cm³/mol. The molecule has 4 rings (SSSR count). The predicted octanol–water partition coefficient (Wildman–Crippen LogP) is 4.35. The molecule has 2 aromatic carbocycles. The summed E-state index contributed by atoms with van der Waals surface area (Å²) in [6, 6.07) is 12.6. The first-order valence-electron chi connectivity index (χ1n) is 10.7. The lowest BCUT2D eigenvalue weighted by atomic mass is 10.2. The Bertz CT molecular complexity index is 1290. The highest BCUT2D eigenvalue weighted by Crippen LogP contribution is 2.26. The monoisotopic (exact) mass is 551 g/mol. The van der Waals surface area contributed by atoms with Gasteiger partial charge in [0.1, 0.15) is 0 Å². The zero-order valence-electron chi connectivity index (χ0n) is 18.4. The Kier molecular flexibility index (Phi) is 8.39. The van der Waals surface area contributed by atoms with Crippen LogP contribution in [0.5, 0.6) is 0 Å². The van der Waals surface area contributed by atoms with E-state index in [-0.39, 0.29) is 21.7 Å². The van der Waals surface area contributed by atoms with E-state index in [9.17, 15) is 18.0 Å². The Morgan fingerprint density at radius 1 is 0.971 bits per heavy atom. The third-order valence-electron chi connectivity index (χ3n) is 5.15. The quantitative estimate of drug-likeness (QED) is 0.315. The van der Waals surface area contributed by atoms with Crippen molar-refractivity contribution in [2.75, 3.05) is 29.5 Å². The number of halogens is 1. The number of rotatable bonds is 8. The second-order valence-corrected chi connectivity index (χ2v) is 12.2. The molecule has 2 amide bonds. The molecule has 0 atom stereocenters. The van der Waals surface area contributed by atoms with Gasteiger partial charge in [-0.2, -0.15) is 4.31 Å². The molecule has 3 aromatic rings. The molecule has 1 aliphatic rings. The van der Waals surface area contributed by atoms with Gasteiger partial charge in [0.15, 0.2) is 4.34 Å². The molecule has 35 heavy (non-hydrogen) atoms. The first kappa shape index (κ1) is 25.6. The van der Waals surface area contributed by atoms with Gasteiger partial charge in [-0.05, 0) is 61.4 Å². The summed E-state index contributed by atoms with van der Waals surface area (Å²) >= 11 is 8.17. The second kappa shape index (κ2) is 11.5. The summed E-state index contributed by atoms with van der Waals surface area (Å²) in [5.74, 6) is -0.518. The number of amides is 2. The van der Waals surface area contributed by atoms with Crippen LogP contribution in [0.1, 0.15) is 29.6 Å². The van der Waals surface area contributed by atoms with E-state index in [4.69, 9.17) is 11.6 Å². The number of nitrogens with one attached hydrogen (secondary N) is 2. The van der Waals surface area contributed by atoms with Crippen molar-refractivity contribution < 1.29 is 18.0 Å². The van der Waals surface area contributed by atoms with Crippen LogP contribution < -0.4 is 10.6 Å². The molecule has 2 N–H and O–H groups in total. The number of carbonyl (C=O) groups excluding carboxylic acids is 2. The standard InChI is InChI=1S/C22H22ClN5O4S3/c23-16-6-8-17(9-7-16)24-19(29)14-33-22-27-26-21(34-22)25-20(30)15-4-10-18(11-5-15)35(31,32)28-12-2-1-3-13-28/h4-11H,1-3,12-14H2,(H,24,29)(H,25,26,30). The molecule has 184 valence electrons. The van der Waals surface area contributed by atoms with E-state index in [1.54, 1.807) is 24.3 Å². The van der Waals surface area contributed by atoms with Gasteiger partial charge in [-0.25, -0.2) is 8.42 Å². The van der Waals surface area contributed by atoms with Crippen molar-refractivity contribution in [1.29, 1.82) is 0 Å². The number of sulfonamides is 1. The lowest BCUT2D eigenvalue weighted by molar-refractivity contribution is -0.113. The minimum absolute atomic E-state index is 0.123. The molecule has 1 fully saturated rings. The zero-order valence-corrected chi connectivity index (χ0v) is 21.6. The fraction of sp³-hybridized carbons (Fsp3) is 0.273. The summed E-state index contributed by atoms with van der Waals surface area (Å²) in [4.78, 5) is 24.9. The van der Waals surface area contributed by atoms with Gasteiger partial charge in [0.05, 0.1) is 10.6 Å². The van der Waals surface area contributed by atoms with Gasteiger partial charge in [0, 0.05) is 29.4 Å². The highest BCUT2D eigenvalue weighted by atomic mass is 35.5. The van der Waals surface area contributed by atoms with E-state index < -0.39 is 15.9 Å². The van der Waals surface area contributed by atoms with E-state index in [0.29, 0.717) is 33.7 Å². The summed E-state index contributed by atoms with van der Waals surface area (Å²) in [5, 5.41) is 14.2. The van der Waals surface area contributed by atoms with Crippen molar-refractivity contribution in [1.82, 2.24) is 14.5 Å². The number of hydrogen-bond donors (Lipinski definition) is 2. The van der Waals surface area contributed by atoms with Crippen molar-refractivity contribution in [2.45, 2.75) is 28.5 Å². The summed E-state index contributed by atoms with van der Waals surface area (Å²) in [5.41, 5.74) is 0.939. The molecule has 0 bridgehead atoms. The first-order chi connectivity index (χ1) is 16.8. The number of benzene rings is 2. The molecule has 0 aliphatic carbocycles. The average Bonchev–Trinajstić information content (AvgIpc) is 3.32. The van der Waals surface area contributed by atoms with Crippen LogP contribution in [-0.4, -0.2) is 53.6 Å². The number of piperidine rings is 1. The minimum Gasteiger partial charge on any atom is -0.325 e. The smallest absolute Gasteiger partial charge is 0.257 e. The maximum atomic E-state index is 12.8. The van der Waals surface area contributed by atoms with Gasteiger partial charge in [-0.1, -0.05) is 41.1 Å². The molecule has 13 heteroatoms. The van der Waals surface area contributed by atoms with Gasteiger partial charge in [-0.15, -0.1) is 10.2 Å². The molecule has 0 unspecified atom stereocenters. The third kappa shape index (κ3) is 6.79. The van der Waals surface area contributed by atoms with E-state index in [2.05, 4.69) is 20.8 Å². The van der Waals surface area contributed by atoms with Crippen LogP contribution in [-0.2, 0) is 14.8 Å².